The molecule has 24 heavy (non-hydrogen) atoms. The van der Waals surface area contributed by atoms with Crippen LogP contribution in [0.25, 0.3) is 0 Å². The maximum Gasteiger partial charge on any atom is 0.311 e. The lowest BCUT2D eigenvalue weighted by atomic mass is 10.1. The van der Waals surface area contributed by atoms with Gasteiger partial charge in [-0.25, -0.2) is 14.4 Å². The normalized spacial score (nSPS) is 11.9. The minimum Gasteiger partial charge on any atom is -0.350 e. The van der Waals surface area contributed by atoms with Crippen molar-refractivity contribution >= 4 is 11.5 Å². The fourth-order valence-electron chi connectivity index (χ4n) is 2.40. The number of pyridine rings is 1. The zero-order valence-corrected chi connectivity index (χ0v) is 12.8. The molecule has 2 heterocycles. The lowest BCUT2D eigenvalue weighted by Gasteiger charge is -2.19. The molecule has 0 aliphatic carbocycles. The van der Waals surface area contributed by atoms with Gasteiger partial charge in [-0.3, -0.25) is 10.1 Å². The van der Waals surface area contributed by atoms with Gasteiger partial charge in [-0.05, 0) is 23.8 Å². The van der Waals surface area contributed by atoms with Crippen molar-refractivity contribution in [3.8, 4) is 0 Å². The van der Waals surface area contributed by atoms with Crippen LogP contribution in [-0.4, -0.2) is 19.5 Å². The van der Waals surface area contributed by atoms with Crippen LogP contribution >= 0.6 is 0 Å². The van der Waals surface area contributed by atoms with Gasteiger partial charge in [0.15, 0.2) is 0 Å². The summed E-state index contributed by atoms with van der Waals surface area (Å²) < 4.78 is 15.0. The van der Waals surface area contributed by atoms with E-state index >= 15 is 0 Å². The summed E-state index contributed by atoms with van der Waals surface area (Å²) in [7, 11) is 1.81. The summed E-state index contributed by atoms with van der Waals surface area (Å²) in [4.78, 5) is 19.0. The van der Waals surface area contributed by atoms with Gasteiger partial charge in [-0.2, -0.15) is 0 Å². The number of halogens is 1. The molecule has 0 fully saturated rings. The van der Waals surface area contributed by atoms with Crippen molar-refractivity contribution in [3.05, 3.63) is 82.3 Å². The highest BCUT2D eigenvalue weighted by molar-refractivity contribution is 5.57. The molecular weight excluding hydrogens is 313 g/mol. The minimum absolute atomic E-state index is 0.125. The molecule has 1 aromatic carbocycles. The van der Waals surface area contributed by atoms with Crippen molar-refractivity contribution < 1.29 is 9.31 Å². The molecule has 7 nitrogen and oxygen atoms in total. The Morgan fingerprint density at radius 1 is 1.21 bits per heavy atom. The zero-order chi connectivity index (χ0) is 17.1. The van der Waals surface area contributed by atoms with Crippen molar-refractivity contribution in [3.63, 3.8) is 0 Å². The maximum absolute atomic E-state index is 13.2. The monoisotopic (exact) mass is 327 g/mol. The molecule has 0 bridgehead atoms. The van der Waals surface area contributed by atoms with Crippen LogP contribution in [0.15, 0.2) is 55.0 Å². The van der Waals surface area contributed by atoms with E-state index in [-0.39, 0.29) is 17.3 Å². The van der Waals surface area contributed by atoms with Crippen molar-refractivity contribution in [2.24, 2.45) is 7.05 Å². The van der Waals surface area contributed by atoms with Crippen molar-refractivity contribution in [1.29, 1.82) is 0 Å². The first-order valence-electron chi connectivity index (χ1n) is 7.15. The summed E-state index contributed by atoms with van der Waals surface area (Å²) in [5.41, 5.74) is 0.574. The summed E-state index contributed by atoms with van der Waals surface area (Å²) in [5.74, 6) is 0.391. The van der Waals surface area contributed by atoms with Gasteiger partial charge in [0.25, 0.3) is 0 Å². The Morgan fingerprint density at radius 3 is 2.58 bits per heavy atom. The standard InChI is InChI=1S/C16H14FN5O2/c1-21-10-9-19-16(21)14(11-4-6-12(17)7-5-11)20-15-13(22(23)24)3-2-8-18-15/h2-10,14H,1H3,(H,18,20). The molecular formula is C16H14FN5O2. The second-order valence-electron chi connectivity index (χ2n) is 5.15. The van der Waals surface area contributed by atoms with Crippen LogP contribution in [0.3, 0.4) is 0 Å². The molecule has 0 radical (unpaired) electrons. The van der Waals surface area contributed by atoms with E-state index in [9.17, 15) is 14.5 Å². The van der Waals surface area contributed by atoms with E-state index in [0.717, 1.165) is 0 Å². The summed E-state index contributed by atoms with van der Waals surface area (Å²) in [6, 6.07) is 8.23. The highest BCUT2D eigenvalue weighted by atomic mass is 19.1. The number of nitrogens with one attached hydrogen (secondary N) is 1. The van der Waals surface area contributed by atoms with Gasteiger partial charge in [0, 0.05) is 31.7 Å². The van der Waals surface area contributed by atoms with Crippen molar-refractivity contribution in [2.45, 2.75) is 6.04 Å². The summed E-state index contributed by atoms with van der Waals surface area (Å²) >= 11 is 0. The Bertz CT molecular complexity index is 863. The fraction of sp³-hybridized carbons (Fsp3) is 0.125. The van der Waals surface area contributed by atoms with Crippen LogP contribution in [0.4, 0.5) is 15.9 Å². The topological polar surface area (TPSA) is 85.9 Å². The molecule has 0 amide bonds. The second kappa shape index (κ2) is 6.45. The molecule has 3 rings (SSSR count). The fourth-order valence-corrected chi connectivity index (χ4v) is 2.40. The first kappa shape index (κ1) is 15.6. The first-order chi connectivity index (χ1) is 11.6. The Balaban J connectivity index is 2.05. The predicted molar refractivity (Wildman–Crippen MR) is 86.0 cm³/mol. The van der Waals surface area contributed by atoms with Crippen molar-refractivity contribution in [2.75, 3.05) is 5.32 Å². The predicted octanol–water partition coefficient (Wildman–Crippen LogP) is 3.06. The number of imidazole rings is 1. The molecule has 1 atom stereocenters. The third-order valence-corrected chi connectivity index (χ3v) is 3.58. The van der Waals surface area contributed by atoms with E-state index in [1.807, 2.05) is 7.05 Å². The number of aryl methyl sites for hydroxylation is 1. The third-order valence-electron chi connectivity index (χ3n) is 3.58. The number of nitrogens with zero attached hydrogens (tertiary/aromatic N) is 4. The zero-order valence-electron chi connectivity index (χ0n) is 12.8. The minimum atomic E-state index is -0.515. The number of aromatic nitrogens is 3. The van der Waals surface area contributed by atoms with Gasteiger partial charge in [0.1, 0.15) is 17.7 Å². The molecule has 0 saturated carbocycles. The molecule has 0 aliphatic heterocycles. The Morgan fingerprint density at radius 2 is 1.96 bits per heavy atom. The number of hydrogen-bond donors (Lipinski definition) is 1. The molecule has 0 saturated heterocycles. The van der Waals surface area contributed by atoms with Gasteiger partial charge in [-0.1, -0.05) is 12.1 Å². The van der Waals surface area contributed by atoms with E-state index in [1.165, 1.54) is 30.5 Å². The van der Waals surface area contributed by atoms with Crippen molar-refractivity contribution in [1.82, 2.24) is 14.5 Å². The Labute approximate surface area is 137 Å². The first-order valence-corrected chi connectivity index (χ1v) is 7.15. The summed E-state index contributed by atoms with van der Waals surface area (Å²) in [5, 5.41) is 14.2. The average Bonchev–Trinajstić information content (AvgIpc) is 2.99. The number of hydrogen-bond acceptors (Lipinski definition) is 5. The van der Waals surface area contributed by atoms with Crippen LogP contribution in [0, 0.1) is 15.9 Å². The van der Waals surface area contributed by atoms with Crippen LogP contribution in [0.1, 0.15) is 17.4 Å². The quantitative estimate of drug-likeness (QED) is 0.575. The number of benzene rings is 1. The highest BCUT2D eigenvalue weighted by Crippen LogP contribution is 2.29. The summed E-state index contributed by atoms with van der Waals surface area (Å²) in [6.45, 7) is 0. The van der Waals surface area contributed by atoms with E-state index in [4.69, 9.17) is 0 Å². The molecule has 0 aliphatic rings. The van der Waals surface area contributed by atoms with Crippen LogP contribution in [0.2, 0.25) is 0 Å². The van der Waals surface area contributed by atoms with Gasteiger partial charge in [-0.15, -0.1) is 0 Å². The molecule has 8 heteroatoms. The van der Waals surface area contributed by atoms with E-state index < -0.39 is 11.0 Å². The molecule has 1 unspecified atom stereocenters. The molecule has 3 aromatic rings. The van der Waals surface area contributed by atoms with Crippen LogP contribution in [0.5, 0.6) is 0 Å². The molecule has 2 aromatic heterocycles. The average molecular weight is 327 g/mol. The summed E-state index contributed by atoms with van der Waals surface area (Å²) in [6.07, 6.45) is 4.86. The molecule has 0 spiro atoms. The number of anilines is 1. The lowest BCUT2D eigenvalue weighted by Crippen LogP contribution is -2.18. The second-order valence-corrected chi connectivity index (χ2v) is 5.15. The molecule has 1 N–H and O–H groups in total. The Kier molecular flexibility index (Phi) is 4.19. The Hall–Kier alpha value is -3.29. The van der Waals surface area contributed by atoms with Gasteiger partial charge >= 0.3 is 5.69 Å². The van der Waals surface area contributed by atoms with E-state index in [2.05, 4.69) is 15.3 Å². The smallest absolute Gasteiger partial charge is 0.311 e. The van der Waals surface area contributed by atoms with Gasteiger partial charge in [0.2, 0.25) is 5.82 Å². The lowest BCUT2D eigenvalue weighted by molar-refractivity contribution is -0.384. The molecule has 122 valence electrons. The number of nitro groups is 1. The van der Waals surface area contributed by atoms with Gasteiger partial charge < -0.3 is 9.88 Å². The number of rotatable bonds is 5. The van der Waals surface area contributed by atoms with Crippen LogP contribution in [-0.2, 0) is 7.05 Å². The third kappa shape index (κ3) is 3.07. The van der Waals surface area contributed by atoms with E-state index in [1.54, 1.807) is 29.1 Å². The SMILES string of the molecule is Cn1ccnc1C(Nc1ncccc1[N+](=O)[O-])c1ccc(F)cc1. The largest absolute Gasteiger partial charge is 0.350 e. The van der Waals surface area contributed by atoms with Crippen LogP contribution < -0.4 is 5.32 Å². The van der Waals surface area contributed by atoms with Gasteiger partial charge in [0.05, 0.1) is 4.92 Å². The highest BCUT2D eigenvalue weighted by Gasteiger charge is 2.23. The maximum atomic E-state index is 13.2. The van der Waals surface area contributed by atoms with E-state index in [0.29, 0.717) is 11.4 Å².